The van der Waals surface area contributed by atoms with Crippen LogP contribution >= 0.6 is 0 Å². The molecule has 0 fully saturated rings. The van der Waals surface area contributed by atoms with Crippen molar-refractivity contribution >= 4 is 5.78 Å². The summed E-state index contributed by atoms with van der Waals surface area (Å²) in [6.45, 7) is 8.79. The van der Waals surface area contributed by atoms with Gasteiger partial charge in [0.05, 0.1) is 12.1 Å². The number of aromatic nitrogens is 5. The summed E-state index contributed by atoms with van der Waals surface area (Å²) in [5.41, 5.74) is 2.31. The maximum atomic E-state index is 11.7. The third-order valence-electron chi connectivity index (χ3n) is 4.45. The number of hydrogen-bond donors (Lipinski definition) is 0. The van der Waals surface area contributed by atoms with Gasteiger partial charge in [-0.25, -0.2) is 14.6 Å². The van der Waals surface area contributed by atoms with Gasteiger partial charge >= 0.3 is 0 Å². The van der Waals surface area contributed by atoms with E-state index in [2.05, 4.69) is 28.5 Å². The number of hydrogen-bond acceptors (Lipinski definition) is 5. The van der Waals surface area contributed by atoms with Crippen molar-refractivity contribution in [3.63, 3.8) is 0 Å². The Bertz CT molecular complexity index is 1000. The summed E-state index contributed by atoms with van der Waals surface area (Å²) in [4.78, 5) is 21.1. The van der Waals surface area contributed by atoms with Crippen LogP contribution in [0.2, 0.25) is 0 Å². The molecule has 0 saturated carbocycles. The Labute approximate surface area is 151 Å². The zero-order valence-electron chi connectivity index (χ0n) is 15.4. The number of aryl methyl sites for hydroxylation is 1. The minimum absolute atomic E-state index is 0.0187. The van der Waals surface area contributed by atoms with Gasteiger partial charge in [0.15, 0.2) is 11.6 Å². The molecule has 1 aliphatic rings. The van der Waals surface area contributed by atoms with Crippen molar-refractivity contribution in [1.82, 2.24) is 24.3 Å². The first-order valence-corrected chi connectivity index (χ1v) is 8.73. The molecule has 0 bridgehead atoms. The Kier molecular flexibility index (Phi) is 3.86. The van der Waals surface area contributed by atoms with E-state index in [-0.39, 0.29) is 11.8 Å². The normalized spacial score (nSPS) is 13.1. The lowest BCUT2D eigenvalue weighted by molar-refractivity contribution is 0.101. The van der Waals surface area contributed by atoms with Gasteiger partial charge in [-0.05, 0) is 39.8 Å². The van der Waals surface area contributed by atoms with Crippen LogP contribution in [0.5, 0.6) is 5.75 Å². The summed E-state index contributed by atoms with van der Waals surface area (Å²) in [6.07, 6.45) is 2.00. The summed E-state index contributed by atoms with van der Waals surface area (Å²) in [5.74, 6) is 3.02. The molecule has 0 N–H and O–H groups in total. The second kappa shape index (κ2) is 6.09. The summed E-state index contributed by atoms with van der Waals surface area (Å²) < 4.78 is 9.81. The van der Waals surface area contributed by atoms with E-state index in [1.807, 2.05) is 29.9 Å². The molecular formula is C19H21N5O2. The molecule has 26 heavy (non-hydrogen) atoms. The number of ether oxygens (including phenoxy) is 1. The van der Waals surface area contributed by atoms with Gasteiger partial charge in [0.2, 0.25) is 0 Å². The Morgan fingerprint density at radius 1 is 1.23 bits per heavy atom. The zero-order valence-corrected chi connectivity index (χ0v) is 15.4. The molecule has 0 unspecified atom stereocenters. The smallest absolute Gasteiger partial charge is 0.178 e. The number of imidazole rings is 1. The topological polar surface area (TPSA) is 74.8 Å². The molecule has 1 aliphatic heterocycles. The number of carbonyl (C=O) groups is 1. The Hall–Kier alpha value is -2.96. The van der Waals surface area contributed by atoms with Crippen molar-refractivity contribution in [2.75, 3.05) is 6.61 Å². The number of carbonyl (C=O) groups excluding carboxylic acids is 1. The number of fused-ring (bicyclic) bond motifs is 3. The van der Waals surface area contributed by atoms with Crippen molar-refractivity contribution in [2.45, 2.75) is 40.3 Å². The van der Waals surface area contributed by atoms with E-state index in [1.165, 1.54) is 0 Å². The summed E-state index contributed by atoms with van der Waals surface area (Å²) >= 11 is 0. The summed E-state index contributed by atoms with van der Waals surface area (Å²) in [6, 6.07) is 5.71. The minimum atomic E-state index is 0.0187. The predicted molar refractivity (Wildman–Crippen MR) is 97.3 cm³/mol. The van der Waals surface area contributed by atoms with Gasteiger partial charge in [-0.3, -0.25) is 4.79 Å². The van der Waals surface area contributed by atoms with Crippen LogP contribution in [0.25, 0.3) is 22.9 Å². The molecule has 0 saturated heterocycles. The van der Waals surface area contributed by atoms with Gasteiger partial charge in [0.1, 0.15) is 29.7 Å². The molecule has 2 aromatic heterocycles. The van der Waals surface area contributed by atoms with E-state index < -0.39 is 0 Å². The largest absolute Gasteiger partial charge is 0.491 e. The second-order valence-corrected chi connectivity index (χ2v) is 6.78. The van der Waals surface area contributed by atoms with Gasteiger partial charge < -0.3 is 9.30 Å². The third-order valence-corrected chi connectivity index (χ3v) is 4.45. The molecular weight excluding hydrogens is 330 g/mol. The van der Waals surface area contributed by atoms with E-state index >= 15 is 0 Å². The number of nitrogens with zero attached hydrogens (tertiary/aromatic N) is 5. The molecule has 7 heteroatoms. The Morgan fingerprint density at radius 2 is 2.04 bits per heavy atom. The molecule has 3 aromatic rings. The average Bonchev–Trinajstić information content (AvgIpc) is 3.14. The molecule has 7 nitrogen and oxygen atoms in total. The van der Waals surface area contributed by atoms with E-state index in [0.29, 0.717) is 24.5 Å². The summed E-state index contributed by atoms with van der Waals surface area (Å²) in [5, 5.41) is 4.48. The number of Topliss-reactive ketones (excluding diaryl/α,β-unsaturated/α-hetero) is 1. The number of ketones is 1. The Morgan fingerprint density at radius 3 is 2.77 bits per heavy atom. The lowest BCUT2D eigenvalue weighted by Crippen LogP contribution is -2.06. The molecule has 1 aromatic carbocycles. The second-order valence-electron chi connectivity index (χ2n) is 6.78. The van der Waals surface area contributed by atoms with Gasteiger partial charge in [0, 0.05) is 17.8 Å². The van der Waals surface area contributed by atoms with Crippen molar-refractivity contribution in [1.29, 1.82) is 0 Å². The highest BCUT2D eigenvalue weighted by Crippen LogP contribution is 2.34. The molecule has 134 valence electrons. The molecule has 0 radical (unpaired) electrons. The van der Waals surface area contributed by atoms with Crippen LogP contribution in [0.3, 0.4) is 0 Å². The highest BCUT2D eigenvalue weighted by Gasteiger charge is 2.22. The molecule has 0 atom stereocenters. The van der Waals surface area contributed by atoms with Crippen molar-refractivity contribution in [3.8, 4) is 28.7 Å². The average molecular weight is 351 g/mol. The van der Waals surface area contributed by atoms with Gasteiger partial charge in [-0.2, -0.15) is 5.10 Å². The SMILES string of the molecule is CC(=O)c1ccc2c(c1)OCCn1cc(-c3nc(C)nn3C(C)C)nc1-2. The Balaban J connectivity index is 1.84. The quantitative estimate of drug-likeness (QED) is 0.677. The highest BCUT2D eigenvalue weighted by molar-refractivity contribution is 5.95. The van der Waals surface area contributed by atoms with Crippen LogP contribution in [0.15, 0.2) is 24.4 Å². The molecule has 3 heterocycles. The maximum absolute atomic E-state index is 11.7. The lowest BCUT2D eigenvalue weighted by Gasteiger charge is -2.08. The number of rotatable bonds is 3. The van der Waals surface area contributed by atoms with E-state index in [9.17, 15) is 4.79 Å². The maximum Gasteiger partial charge on any atom is 0.178 e. The van der Waals surface area contributed by atoms with Crippen LogP contribution in [0.1, 0.15) is 43.0 Å². The number of benzene rings is 1. The van der Waals surface area contributed by atoms with Crippen molar-refractivity contribution in [2.24, 2.45) is 0 Å². The third kappa shape index (κ3) is 2.69. The van der Waals surface area contributed by atoms with Gasteiger partial charge in [-0.15, -0.1) is 0 Å². The fourth-order valence-corrected chi connectivity index (χ4v) is 3.17. The fourth-order valence-electron chi connectivity index (χ4n) is 3.17. The monoisotopic (exact) mass is 351 g/mol. The van der Waals surface area contributed by atoms with E-state index in [0.717, 1.165) is 28.7 Å². The van der Waals surface area contributed by atoms with Crippen LogP contribution in [0.4, 0.5) is 0 Å². The first kappa shape index (κ1) is 16.5. The first-order valence-electron chi connectivity index (χ1n) is 8.73. The molecule has 4 rings (SSSR count). The summed E-state index contributed by atoms with van der Waals surface area (Å²) in [7, 11) is 0. The zero-order chi connectivity index (χ0) is 18.4. The van der Waals surface area contributed by atoms with Gasteiger partial charge in [0.25, 0.3) is 0 Å². The molecule has 0 amide bonds. The van der Waals surface area contributed by atoms with Crippen LogP contribution in [-0.4, -0.2) is 36.7 Å². The van der Waals surface area contributed by atoms with Crippen LogP contribution in [0, 0.1) is 6.92 Å². The fraction of sp³-hybridized carbons (Fsp3) is 0.368. The van der Waals surface area contributed by atoms with Crippen molar-refractivity contribution < 1.29 is 9.53 Å². The van der Waals surface area contributed by atoms with Crippen LogP contribution in [-0.2, 0) is 6.54 Å². The standard InChI is InChI=1S/C19H21N5O2/c1-11(2)24-19(20-13(4)22-24)16-10-23-7-8-26-17-9-14(12(3)25)5-6-15(17)18(23)21-16/h5-6,9-11H,7-8H2,1-4H3. The van der Waals surface area contributed by atoms with E-state index in [1.54, 1.807) is 13.0 Å². The van der Waals surface area contributed by atoms with Gasteiger partial charge in [-0.1, -0.05) is 6.07 Å². The highest BCUT2D eigenvalue weighted by atomic mass is 16.5. The molecule has 0 aliphatic carbocycles. The van der Waals surface area contributed by atoms with Crippen LogP contribution < -0.4 is 4.74 Å². The lowest BCUT2D eigenvalue weighted by atomic mass is 10.1. The predicted octanol–water partition coefficient (Wildman–Crippen LogP) is 3.29. The van der Waals surface area contributed by atoms with E-state index in [4.69, 9.17) is 9.72 Å². The molecule has 0 spiro atoms. The minimum Gasteiger partial charge on any atom is -0.491 e. The van der Waals surface area contributed by atoms with Crippen molar-refractivity contribution in [3.05, 3.63) is 35.8 Å². The first-order chi connectivity index (χ1) is 12.4.